The molecule has 0 spiro atoms. The maximum Gasteiger partial charge on any atom is 0.227 e. The van der Waals surface area contributed by atoms with Gasteiger partial charge in [0.2, 0.25) is 11.8 Å². The number of benzene rings is 4. The van der Waals surface area contributed by atoms with Crippen LogP contribution in [0.15, 0.2) is 97.1 Å². The van der Waals surface area contributed by atoms with Crippen molar-refractivity contribution in [2.45, 2.75) is 126 Å². The molecule has 0 unspecified atom stereocenters. The fraction of sp³-hybridized carbons (Fsp3) is 0.519. The van der Waals surface area contributed by atoms with Gasteiger partial charge in [-0.05, 0) is 124 Å². The Morgan fingerprint density at radius 2 is 0.788 bits per heavy atom. The van der Waals surface area contributed by atoms with Crippen LogP contribution in [0.25, 0.3) is 0 Å². The van der Waals surface area contributed by atoms with E-state index in [0.29, 0.717) is 57.1 Å². The van der Waals surface area contributed by atoms with Crippen molar-refractivity contribution >= 4 is 58.2 Å². The summed E-state index contributed by atoms with van der Waals surface area (Å²) in [6, 6.07) is 34.9. The van der Waals surface area contributed by atoms with Crippen molar-refractivity contribution in [2.24, 2.45) is 0 Å². The Balaban J connectivity index is 0.000000166. The first-order valence-electron chi connectivity index (χ1n) is 24.7. The van der Waals surface area contributed by atoms with E-state index in [1.165, 1.54) is 102 Å². The van der Waals surface area contributed by atoms with E-state index < -0.39 is 0 Å². The molecule has 4 saturated heterocycles. The fourth-order valence-corrected chi connectivity index (χ4v) is 13.0. The average molecular weight is 973 g/mol. The van der Waals surface area contributed by atoms with Crippen molar-refractivity contribution in [3.05, 3.63) is 139 Å². The van der Waals surface area contributed by atoms with Gasteiger partial charge >= 0.3 is 0 Å². The zero-order valence-corrected chi connectivity index (χ0v) is 41.3. The predicted octanol–water partition coefficient (Wildman–Crippen LogP) is 10.5. The summed E-state index contributed by atoms with van der Waals surface area (Å²) in [6.07, 6.45) is 13.1. The van der Waals surface area contributed by atoms with Crippen LogP contribution in [0.4, 0.5) is 0 Å². The molecule has 12 heteroatoms. The Morgan fingerprint density at radius 1 is 0.409 bits per heavy atom. The molecule has 2 aliphatic carbocycles. The van der Waals surface area contributed by atoms with Gasteiger partial charge in [-0.25, -0.2) is 0 Å². The second kappa shape index (κ2) is 22.5. The van der Waals surface area contributed by atoms with E-state index in [1.54, 1.807) is 12.1 Å². The molecule has 4 aliphatic heterocycles. The number of likely N-dealkylation sites (tertiary alicyclic amines) is 2. The Hall–Kier alpha value is -3.18. The Bertz CT molecular complexity index is 2080. The molecule has 8 nitrogen and oxygen atoms in total. The molecule has 0 bridgehead atoms. The fourth-order valence-electron chi connectivity index (χ4n) is 12.4. The van der Waals surface area contributed by atoms with Gasteiger partial charge in [-0.2, -0.15) is 0 Å². The molecule has 0 aromatic heterocycles. The molecule has 0 N–H and O–H groups in total. The van der Waals surface area contributed by atoms with Gasteiger partial charge in [0.1, 0.15) is 0 Å². The molecule has 4 aromatic carbocycles. The summed E-state index contributed by atoms with van der Waals surface area (Å²) < 4.78 is 0. The summed E-state index contributed by atoms with van der Waals surface area (Å²) in [6.45, 7) is 10.0. The lowest BCUT2D eigenvalue weighted by Gasteiger charge is -2.55. The van der Waals surface area contributed by atoms with Gasteiger partial charge in [0.05, 0.1) is 45.0 Å². The van der Waals surface area contributed by atoms with E-state index >= 15 is 0 Å². The zero-order chi connectivity index (χ0) is 45.6. The molecular formula is C54H66Cl4N6O2. The van der Waals surface area contributed by atoms with Gasteiger partial charge in [-0.1, -0.05) is 132 Å². The number of carbonyl (C=O) groups excluding carboxylic acids is 2. The van der Waals surface area contributed by atoms with E-state index in [2.05, 4.69) is 90.1 Å². The van der Waals surface area contributed by atoms with Crippen LogP contribution in [0.1, 0.15) is 86.5 Å². The number of rotatable bonds is 10. The lowest BCUT2D eigenvalue weighted by atomic mass is 9.81. The van der Waals surface area contributed by atoms with Gasteiger partial charge in [0.25, 0.3) is 0 Å². The standard InChI is InChI=1S/2C27H33Cl2N3O/c2*28-22-12-11-21(17-23(22)29)18-26(33)32-16-15-31(19-20-7-2-1-3-8-20)25-10-6-9-24(27(25)32)30-13-4-5-14-30/h2*1-3,7-8,11-12,17,24-25,27H,4-6,9-10,13-16,18-19H2/t2*24-,25+,27+/m10/s1. The molecule has 0 radical (unpaired) electrons. The van der Waals surface area contributed by atoms with E-state index in [4.69, 9.17) is 46.4 Å². The molecule has 66 heavy (non-hydrogen) atoms. The Labute approximate surface area is 413 Å². The van der Waals surface area contributed by atoms with E-state index in [0.717, 1.165) is 50.4 Å². The minimum absolute atomic E-state index is 0.217. The quantitative estimate of drug-likeness (QED) is 0.158. The highest BCUT2D eigenvalue weighted by Gasteiger charge is 2.48. The van der Waals surface area contributed by atoms with Gasteiger partial charge in [-0.15, -0.1) is 0 Å². The van der Waals surface area contributed by atoms with Crippen molar-refractivity contribution in [3.63, 3.8) is 0 Å². The summed E-state index contributed by atoms with van der Waals surface area (Å²) in [4.78, 5) is 42.4. The number of hydrogen-bond acceptors (Lipinski definition) is 6. The number of carbonyl (C=O) groups is 2. The van der Waals surface area contributed by atoms with Crippen molar-refractivity contribution in [1.82, 2.24) is 29.4 Å². The van der Waals surface area contributed by atoms with Crippen LogP contribution in [0.2, 0.25) is 20.1 Å². The first kappa shape index (κ1) is 47.9. The van der Waals surface area contributed by atoms with Gasteiger partial charge in [-0.3, -0.25) is 29.2 Å². The SMILES string of the molecule is O=C(Cc1ccc(Cl)c(Cl)c1)N1CCN(Cc2ccccc2)[C@@H]2CCC[C@H](N3CCCC3)[C@H]21.O=C(Cc1ccc(Cl)c(Cl)c1)N1CCN(Cc2ccccc2)[C@H]2CCC[C@@H](N3CCCC3)[C@@H]21. The summed E-state index contributed by atoms with van der Waals surface area (Å²) in [5.74, 6) is 0.433. The molecular weight excluding hydrogens is 906 g/mol. The number of piperazine rings is 2. The molecule has 4 aromatic rings. The smallest absolute Gasteiger partial charge is 0.227 e. The summed E-state index contributed by atoms with van der Waals surface area (Å²) in [5.41, 5.74) is 4.59. The maximum atomic E-state index is 13.7. The molecule has 352 valence electrons. The van der Waals surface area contributed by atoms with E-state index in [1.807, 2.05) is 24.3 Å². The molecule has 10 rings (SSSR count). The van der Waals surface area contributed by atoms with Gasteiger partial charge in [0.15, 0.2) is 0 Å². The second-order valence-corrected chi connectivity index (χ2v) is 21.2. The first-order chi connectivity index (χ1) is 32.2. The average Bonchev–Trinajstić information content (AvgIpc) is 4.09. The van der Waals surface area contributed by atoms with Crippen LogP contribution in [-0.2, 0) is 35.5 Å². The highest BCUT2D eigenvalue weighted by Crippen LogP contribution is 2.38. The third-order valence-electron chi connectivity index (χ3n) is 15.5. The number of nitrogens with zero attached hydrogens (tertiary/aromatic N) is 6. The van der Waals surface area contributed by atoms with Crippen LogP contribution >= 0.6 is 46.4 Å². The third kappa shape index (κ3) is 11.3. The molecule has 6 atom stereocenters. The summed E-state index contributed by atoms with van der Waals surface area (Å²) >= 11 is 24.6. The lowest BCUT2D eigenvalue weighted by molar-refractivity contribution is -0.144. The largest absolute Gasteiger partial charge is 0.335 e. The van der Waals surface area contributed by atoms with Crippen LogP contribution < -0.4 is 0 Å². The zero-order valence-electron chi connectivity index (χ0n) is 38.3. The van der Waals surface area contributed by atoms with Crippen molar-refractivity contribution in [3.8, 4) is 0 Å². The van der Waals surface area contributed by atoms with E-state index in [9.17, 15) is 9.59 Å². The topological polar surface area (TPSA) is 53.6 Å². The van der Waals surface area contributed by atoms with Crippen LogP contribution in [-0.4, -0.2) is 130 Å². The Kier molecular flexibility index (Phi) is 16.3. The monoisotopic (exact) mass is 970 g/mol. The van der Waals surface area contributed by atoms with Crippen molar-refractivity contribution < 1.29 is 9.59 Å². The molecule has 4 heterocycles. The predicted molar refractivity (Wildman–Crippen MR) is 270 cm³/mol. The molecule has 2 amide bonds. The van der Waals surface area contributed by atoms with Crippen LogP contribution in [0.5, 0.6) is 0 Å². The van der Waals surface area contributed by atoms with Crippen molar-refractivity contribution in [1.29, 1.82) is 0 Å². The lowest BCUT2D eigenvalue weighted by Crippen LogP contribution is -2.68. The number of hydrogen-bond donors (Lipinski definition) is 0. The molecule has 6 fully saturated rings. The number of halogens is 4. The maximum absolute atomic E-state index is 13.7. The molecule has 6 aliphatic rings. The van der Waals surface area contributed by atoms with Crippen molar-refractivity contribution in [2.75, 3.05) is 52.4 Å². The second-order valence-electron chi connectivity index (χ2n) is 19.5. The van der Waals surface area contributed by atoms with Crippen LogP contribution in [0.3, 0.4) is 0 Å². The summed E-state index contributed by atoms with van der Waals surface area (Å²) in [5, 5.41) is 2.09. The van der Waals surface area contributed by atoms with Crippen LogP contribution in [0, 0.1) is 0 Å². The minimum atomic E-state index is 0.217. The number of fused-ring (bicyclic) bond motifs is 2. The first-order valence-corrected chi connectivity index (χ1v) is 26.2. The minimum Gasteiger partial charge on any atom is -0.335 e. The third-order valence-corrected chi connectivity index (χ3v) is 17.0. The number of amides is 2. The molecule has 2 saturated carbocycles. The van der Waals surface area contributed by atoms with E-state index in [-0.39, 0.29) is 23.9 Å². The summed E-state index contributed by atoms with van der Waals surface area (Å²) in [7, 11) is 0. The Morgan fingerprint density at radius 3 is 1.17 bits per heavy atom. The highest BCUT2D eigenvalue weighted by molar-refractivity contribution is 6.42. The van der Waals surface area contributed by atoms with Gasteiger partial charge < -0.3 is 9.80 Å². The van der Waals surface area contributed by atoms with Gasteiger partial charge in [0, 0.05) is 63.4 Å². The highest BCUT2D eigenvalue weighted by atomic mass is 35.5. The normalized spacial score (nSPS) is 26.4.